The number of aliphatic hydroxyl groups is 1. The summed E-state index contributed by atoms with van der Waals surface area (Å²) >= 11 is 0. The molecule has 0 saturated heterocycles. The van der Waals surface area contributed by atoms with Crippen LogP contribution in [0.5, 0.6) is 0 Å². The molecule has 0 rings (SSSR count). The van der Waals surface area contributed by atoms with E-state index in [0.29, 0.717) is 25.7 Å². The largest absolute Gasteiger partial charge is 0.472 e. The highest BCUT2D eigenvalue weighted by molar-refractivity contribution is 7.47. The van der Waals surface area contributed by atoms with Gasteiger partial charge in [-0.15, -0.1) is 0 Å². The topological polar surface area (TPSA) is 237 Å². The molecule has 0 radical (unpaired) electrons. The lowest BCUT2D eigenvalue weighted by Gasteiger charge is -2.21. The molecule has 0 saturated carbocycles. The van der Waals surface area contributed by atoms with Gasteiger partial charge in [0.2, 0.25) is 0 Å². The van der Waals surface area contributed by atoms with E-state index in [2.05, 4.69) is 72.8 Å². The fourth-order valence-corrected chi connectivity index (χ4v) is 13.8. The monoisotopic (exact) mass is 1490 g/mol. The van der Waals surface area contributed by atoms with Gasteiger partial charge in [-0.05, 0) is 69.1 Å². The van der Waals surface area contributed by atoms with Crippen molar-refractivity contribution < 1.29 is 80.2 Å². The zero-order valence-corrected chi connectivity index (χ0v) is 68.4. The molecule has 0 fully saturated rings. The van der Waals surface area contributed by atoms with Crippen molar-refractivity contribution in [2.75, 3.05) is 39.6 Å². The minimum atomic E-state index is -4.97. The fourth-order valence-electron chi connectivity index (χ4n) is 12.3. The van der Waals surface area contributed by atoms with Crippen molar-refractivity contribution in [3.63, 3.8) is 0 Å². The van der Waals surface area contributed by atoms with E-state index in [9.17, 15) is 43.2 Å². The Hall–Kier alpha value is -2.46. The number of hydrogen-bond acceptors (Lipinski definition) is 15. The number of phosphoric ester groups is 2. The van der Waals surface area contributed by atoms with Crippen LogP contribution in [0, 0.1) is 17.8 Å². The van der Waals surface area contributed by atoms with Gasteiger partial charge in [-0.25, -0.2) is 9.13 Å². The van der Waals surface area contributed by atoms with Crippen molar-refractivity contribution in [3.05, 3.63) is 24.3 Å². The predicted molar refractivity (Wildman–Crippen MR) is 418 cm³/mol. The lowest BCUT2D eigenvalue weighted by molar-refractivity contribution is -0.161. The van der Waals surface area contributed by atoms with Crippen LogP contribution in [0.4, 0.5) is 0 Å². The highest BCUT2D eigenvalue weighted by Crippen LogP contribution is 2.45. The maximum atomic E-state index is 13.1. The lowest BCUT2D eigenvalue weighted by atomic mass is 10.00. The summed E-state index contributed by atoms with van der Waals surface area (Å²) in [5.41, 5.74) is 0. The maximum Gasteiger partial charge on any atom is 0.472 e. The lowest BCUT2D eigenvalue weighted by Crippen LogP contribution is -2.30. The molecular formula is C83H158O17P2. The summed E-state index contributed by atoms with van der Waals surface area (Å²) in [6, 6.07) is 0. The van der Waals surface area contributed by atoms with Crippen LogP contribution < -0.4 is 0 Å². The van der Waals surface area contributed by atoms with Gasteiger partial charge in [0.15, 0.2) is 12.2 Å². The number of phosphoric acid groups is 2. The van der Waals surface area contributed by atoms with Crippen molar-refractivity contribution in [1.82, 2.24) is 0 Å². The number of hydrogen-bond donors (Lipinski definition) is 3. The third kappa shape index (κ3) is 74.4. The van der Waals surface area contributed by atoms with Crippen LogP contribution in [0.25, 0.3) is 0 Å². The number of carbonyl (C=O) groups excluding carboxylic acids is 4. The van der Waals surface area contributed by atoms with E-state index in [1.54, 1.807) is 0 Å². The quantitative estimate of drug-likeness (QED) is 0.0169. The van der Waals surface area contributed by atoms with E-state index < -0.39 is 97.5 Å². The second-order valence-corrected chi connectivity index (χ2v) is 33.3. The van der Waals surface area contributed by atoms with Crippen molar-refractivity contribution in [2.45, 2.75) is 426 Å². The van der Waals surface area contributed by atoms with Gasteiger partial charge in [0.25, 0.3) is 0 Å². The molecule has 102 heavy (non-hydrogen) atoms. The molecule has 602 valence electrons. The van der Waals surface area contributed by atoms with Gasteiger partial charge in [0.05, 0.1) is 26.4 Å². The molecule has 0 aliphatic rings. The highest BCUT2D eigenvalue weighted by Gasteiger charge is 2.30. The van der Waals surface area contributed by atoms with Crippen LogP contribution in [-0.4, -0.2) is 96.7 Å². The minimum Gasteiger partial charge on any atom is -0.462 e. The predicted octanol–water partition coefficient (Wildman–Crippen LogP) is 24.5. The molecule has 6 atom stereocenters. The standard InChI is InChI=1S/C83H158O17P2/c1-8-10-11-12-13-14-15-16-21-28-33-38-43-52-59-66-82(87)99-78(70-93-80(85)64-57-50-42-37-32-27-23-20-18-17-19-22-25-30-35-40-47-54-61-74(3)4)72-97-101(89,90)95-68-77(84)69-96-102(91,92)98-73-79(71-94-81(86)65-58-51-46-45-49-56-63-76(7)9-2)100-83(88)67-60-53-44-39-34-29-24-26-31-36-41-48-55-62-75(5)6/h14-16,21,74-79,84H,8-13,17-20,22-73H2,1-7H3,(H,89,90)(H,91,92)/b15-14-,21-16-/t76?,77-,78-,79-/m1/s1. The van der Waals surface area contributed by atoms with Crippen molar-refractivity contribution in [3.8, 4) is 0 Å². The molecular weight excluding hydrogens is 1330 g/mol. The molecule has 0 heterocycles. The summed E-state index contributed by atoms with van der Waals surface area (Å²) in [7, 11) is -9.94. The van der Waals surface area contributed by atoms with Crippen LogP contribution in [-0.2, 0) is 65.4 Å². The van der Waals surface area contributed by atoms with E-state index in [1.807, 2.05) is 0 Å². The second kappa shape index (κ2) is 72.7. The average molecular weight is 1490 g/mol. The van der Waals surface area contributed by atoms with Gasteiger partial charge in [-0.2, -0.15) is 0 Å². The zero-order chi connectivity index (χ0) is 75.1. The summed E-state index contributed by atoms with van der Waals surface area (Å²) in [4.78, 5) is 73.0. The van der Waals surface area contributed by atoms with Crippen molar-refractivity contribution in [2.24, 2.45) is 17.8 Å². The van der Waals surface area contributed by atoms with Gasteiger partial charge >= 0.3 is 39.5 Å². The molecule has 3 unspecified atom stereocenters. The van der Waals surface area contributed by atoms with Crippen LogP contribution in [0.15, 0.2) is 24.3 Å². The van der Waals surface area contributed by atoms with E-state index in [4.69, 9.17) is 37.0 Å². The van der Waals surface area contributed by atoms with Crippen LogP contribution in [0.3, 0.4) is 0 Å². The number of carbonyl (C=O) groups is 4. The number of aliphatic hydroxyl groups excluding tert-OH is 1. The molecule has 0 amide bonds. The zero-order valence-electron chi connectivity index (χ0n) is 66.6. The smallest absolute Gasteiger partial charge is 0.462 e. The Bertz CT molecular complexity index is 2070. The Balaban J connectivity index is 5.24. The van der Waals surface area contributed by atoms with Crippen molar-refractivity contribution >= 4 is 39.5 Å². The molecule has 17 nitrogen and oxygen atoms in total. The molecule has 0 aliphatic carbocycles. The van der Waals surface area contributed by atoms with Crippen LogP contribution >= 0.6 is 15.6 Å². The average Bonchev–Trinajstić information content (AvgIpc) is 1.08. The molecule has 0 aromatic carbocycles. The Morgan fingerprint density at radius 2 is 0.578 bits per heavy atom. The molecule has 3 N–H and O–H groups in total. The van der Waals surface area contributed by atoms with Crippen molar-refractivity contribution in [1.29, 1.82) is 0 Å². The molecule has 0 aromatic heterocycles. The molecule has 0 bridgehead atoms. The SMILES string of the molecule is CCCCCC/C=C\C=C/CCCCCCCC(=O)O[C@H](COC(=O)CCCCCCCCCCCCCCCCCCCCC(C)C)COP(=O)(O)OC[C@@H](O)COP(=O)(O)OC[C@@H](COC(=O)CCCCCCCCC(C)CC)OC(=O)CCCCCCCCCCCCCCCC(C)C. The summed E-state index contributed by atoms with van der Waals surface area (Å²) in [6.07, 6.45) is 64.7. The van der Waals surface area contributed by atoms with E-state index in [-0.39, 0.29) is 25.7 Å². The summed E-state index contributed by atoms with van der Waals surface area (Å²) in [6.45, 7) is 11.9. The normalized spacial score (nSPS) is 14.4. The third-order valence-corrected chi connectivity index (χ3v) is 21.0. The molecule has 19 heteroatoms. The number of allylic oxidation sites excluding steroid dienone is 4. The Kier molecular flexibility index (Phi) is 71.0. The Morgan fingerprint density at radius 3 is 0.873 bits per heavy atom. The summed E-state index contributed by atoms with van der Waals surface area (Å²) < 4.78 is 68.7. The first-order valence-corrected chi connectivity index (χ1v) is 45.2. The number of rotatable bonds is 79. The first-order chi connectivity index (χ1) is 49.3. The van der Waals surface area contributed by atoms with Gasteiger partial charge in [-0.3, -0.25) is 37.3 Å². The van der Waals surface area contributed by atoms with E-state index in [1.165, 1.54) is 199 Å². The minimum absolute atomic E-state index is 0.0853. The number of unbranched alkanes of at least 4 members (excludes halogenated alkanes) is 43. The maximum absolute atomic E-state index is 13.1. The Morgan fingerprint density at radius 1 is 0.324 bits per heavy atom. The second-order valence-electron chi connectivity index (χ2n) is 30.4. The van der Waals surface area contributed by atoms with Crippen LogP contribution in [0.2, 0.25) is 0 Å². The molecule has 0 aliphatic heterocycles. The molecule has 0 aromatic rings. The summed E-state index contributed by atoms with van der Waals surface area (Å²) in [5, 5.41) is 10.6. The first-order valence-electron chi connectivity index (χ1n) is 42.2. The number of esters is 4. The fraction of sp³-hybridized carbons (Fsp3) is 0.904. The summed E-state index contributed by atoms with van der Waals surface area (Å²) in [5.74, 6) is 0.195. The van der Waals surface area contributed by atoms with E-state index >= 15 is 0 Å². The van der Waals surface area contributed by atoms with Gasteiger partial charge in [0.1, 0.15) is 19.3 Å². The highest BCUT2D eigenvalue weighted by atomic mass is 31.2. The van der Waals surface area contributed by atoms with Gasteiger partial charge < -0.3 is 33.8 Å². The first kappa shape index (κ1) is 99.5. The van der Waals surface area contributed by atoms with Crippen LogP contribution in [0.1, 0.15) is 408 Å². The third-order valence-electron chi connectivity index (χ3n) is 19.1. The molecule has 0 spiro atoms. The van der Waals surface area contributed by atoms with Gasteiger partial charge in [-0.1, -0.05) is 355 Å². The Labute approximate surface area is 624 Å². The van der Waals surface area contributed by atoms with E-state index in [0.717, 1.165) is 127 Å². The van der Waals surface area contributed by atoms with Gasteiger partial charge in [0, 0.05) is 25.7 Å². The number of ether oxygens (including phenoxy) is 4.